The van der Waals surface area contributed by atoms with Gasteiger partial charge in [-0.25, -0.2) is 0 Å². The third-order valence-corrected chi connectivity index (χ3v) is 6.00. The molecule has 0 spiro atoms. The molecule has 32 heavy (non-hydrogen) atoms. The van der Waals surface area contributed by atoms with Gasteiger partial charge < -0.3 is 4.74 Å². The molecule has 0 aromatic heterocycles. The first-order chi connectivity index (χ1) is 15.8. The zero-order valence-corrected chi connectivity index (χ0v) is 19.0. The van der Waals surface area contributed by atoms with Gasteiger partial charge in [0.05, 0.1) is 0 Å². The summed E-state index contributed by atoms with van der Waals surface area (Å²) in [5, 5.41) is 2.64. The Morgan fingerprint density at radius 3 is 1.94 bits per heavy atom. The van der Waals surface area contributed by atoms with Crippen molar-refractivity contribution in [2.75, 3.05) is 6.61 Å². The second kappa shape index (κ2) is 10.8. The molecule has 1 nitrogen and oxygen atoms in total. The minimum Gasteiger partial charge on any atom is -0.490 e. The molecule has 0 N–H and O–H groups in total. The normalized spacial score (nSPS) is 10.9. The topological polar surface area (TPSA) is 9.23 Å². The summed E-state index contributed by atoms with van der Waals surface area (Å²) in [7, 11) is 0. The Kier molecular flexibility index (Phi) is 7.40. The van der Waals surface area contributed by atoms with Crippen LogP contribution in [0.5, 0.6) is 5.75 Å². The van der Waals surface area contributed by atoms with Crippen LogP contribution in [0.3, 0.4) is 0 Å². The molecule has 4 rings (SSSR count). The maximum absolute atomic E-state index is 5.58. The molecule has 0 amide bonds. The molecular formula is C31H32O. The molecule has 4 aromatic carbocycles. The van der Waals surface area contributed by atoms with Gasteiger partial charge in [0.2, 0.25) is 0 Å². The molecule has 0 aliphatic rings. The van der Waals surface area contributed by atoms with E-state index in [1.807, 2.05) is 12.1 Å². The van der Waals surface area contributed by atoms with Crippen molar-refractivity contribution < 1.29 is 4.74 Å². The molecule has 0 aliphatic heterocycles. The first kappa shape index (κ1) is 21.9. The van der Waals surface area contributed by atoms with Crippen molar-refractivity contribution in [2.24, 2.45) is 0 Å². The van der Waals surface area contributed by atoms with E-state index in [-0.39, 0.29) is 0 Å². The third kappa shape index (κ3) is 5.48. The maximum atomic E-state index is 5.58. The molecule has 1 heteroatoms. The fourth-order valence-corrected chi connectivity index (χ4v) is 4.14. The van der Waals surface area contributed by atoms with E-state index in [4.69, 9.17) is 4.74 Å². The van der Waals surface area contributed by atoms with Crippen LogP contribution in [-0.2, 0) is 6.42 Å². The highest BCUT2D eigenvalue weighted by Crippen LogP contribution is 2.29. The molecule has 0 saturated heterocycles. The van der Waals surface area contributed by atoms with E-state index >= 15 is 0 Å². The maximum Gasteiger partial charge on any atom is 0.119 e. The van der Waals surface area contributed by atoms with E-state index in [0.29, 0.717) is 6.61 Å². The molecular weight excluding hydrogens is 388 g/mol. The molecule has 0 aliphatic carbocycles. The van der Waals surface area contributed by atoms with Crippen molar-refractivity contribution in [3.05, 3.63) is 103 Å². The predicted octanol–water partition coefficient (Wildman–Crippen LogP) is 8.86. The first-order valence-electron chi connectivity index (χ1n) is 11.7. The number of fused-ring (bicyclic) bond motifs is 1. The molecule has 162 valence electrons. The summed E-state index contributed by atoms with van der Waals surface area (Å²) >= 11 is 0. The van der Waals surface area contributed by atoms with E-state index in [1.165, 1.54) is 70.7 Å². The van der Waals surface area contributed by atoms with Crippen molar-refractivity contribution in [1.82, 2.24) is 0 Å². The first-order valence-corrected chi connectivity index (χ1v) is 11.7. The number of rotatable bonds is 10. The number of unbranched alkanes of at least 4 members (excludes halogenated alkanes) is 3. The van der Waals surface area contributed by atoms with Gasteiger partial charge in [-0.15, -0.1) is 0 Å². The molecule has 0 fully saturated rings. The SMILES string of the molecule is C=CCOc1ccc(-c2ccc(-c3ccc4cc(CCCCCC)ccc4c3)cc2)cc1. The predicted molar refractivity (Wildman–Crippen MR) is 138 cm³/mol. The van der Waals surface area contributed by atoms with Crippen LogP contribution in [0, 0.1) is 0 Å². The molecule has 0 unspecified atom stereocenters. The smallest absolute Gasteiger partial charge is 0.119 e. The molecule has 0 bridgehead atoms. The van der Waals surface area contributed by atoms with E-state index in [0.717, 1.165) is 5.75 Å². The Hall–Kier alpha value is -3.32. The Balaban J connectivity index is 1.47. The Labute approximate surface area is 192 Å². The van der Waals surface area contributed by atoms with Crippen LogP contribution >= 0.6 is 0 Å². The minimum absolute atomic E-state index is 0.528. The summed E-state index contributed by atoms with van der Waals surface area (Å²) in [4.78, 5) is 0. The van der Waals surface area contributed by atoms with E-state index in [1.54, 1.807) is 6.08 Å². The number of hydrogen-bond donors (Lipinski definition) is 0. The monoisotopic (exact) mass is 420 g/mol. The fourth-order valence-electron chi connectivity index (χ4n) is 4.14. The largest absolute Gasteiger partial charge is 0.490 e. The van der Waals surface area contributed by atoms with Gasteiger partial charge >= 0.3 is 0 Å². The number of hydrogen-bond acceptors (Lipinski definition) is 1. The standard InChI is InChI=1S/C31H32O/c1-3-5-6-7-8-24-9-10-30-23-29(16-15-28(30)22-24)27-13-11-25(12-14-27)26-17-19-31(20-18-26)32-21-4-2/h4,9-20,22-23H,2-3,5-8,21H2,1H3. The van der Waals surface area contributed by atoms with Gasteiger partial charge in [0, 0.05) is 0 Å². The lowest BCUT2D eigenvalue weighted by atomic mass is 9.97. The highest BCUT2D eigenvalue weighted by atomic mass is 16.5. The summed E-state index contributed by atoms with van der Waals surface area (Å²) < 4.78 is 5.58. The van der Waals surface area contributed by atoms with Crippen LogP contribution in [0.2, 0.25) is 0 Å². The Morgan fingerprint density at radius 1 is 0.656 bits per heavy atom. The van der Waals surface area contributed by atoms with Gasteiger partial charge in [-0.3, -0.25) is 0 Å². The van der Waals surface area contributed by atoms with E-state index in [9.17, 15) is 0 Å². The second-order valence-corrected chi connectivity index (χ2v) is 8.41. The van der Waals surface area contributed by atoms with Crippen LogP contribution < -0.4 is 4.74 Å². The van der Waals surface area contributed by atoms with Crippen molar-refractivity contribution in [3.63, 3.8) is 0 Å². The van der Waals surface area contributed by atoms with Crippen LogP contribution in [-0.4, -0.2) is 6.61 Å². The van der Waals surface area contributed by atoms with Gasteiger partial charge in [0.1, 0.15) is 12.4 Å². The van der Waals surface area contributed by atoms with Gasteiger partial charge in [-0.05, 0) is 69.6 Å². The van der Waals surface area contributed by atoms with Crippen molar-refractivity contribution in [2.45, 2.75) is 39.0 Å². The summed E-state index contributed by atoms with van der Waals surface area (Å²) in [5.74, 6) is 0.866. The Morgan fingerprint density at radius 2 is 1.25 bits per heavy atom. The molecule has 0 saturated carbocycles. The molecule has 0 radical (unpaired) electrons. The van der Waals surface area contributed by atoms with Crippen LogP contribution in [0.4, 0.5) is 0 Å². The van der Waals surface area contributed by atoms with Gasteiger partial charge in [-0.2, -0.15) is 0 Å². The number of ether oxygens (including phenoxy) is 1. The molecule has 4 aromatic rings. The van der Waals surface area contributed by atoms with Crippen molar-refractivity contribution in [3.8, 4) is 28.0 Å². The molecule has 0 atom stereocenters. The van der Waals surface area contributed by atoms with Gasteiger partial charge in [-0.1, -0.05) is 106 Å². The number of aryl methyl sites for hydroxylation is 1. The fraction of sp³-hybridized carbons (Fsp3) is 0.226. The lowest BCUT2D eigenvalue weighted by molar-refractivity contribution is 0.363. The summed E-state index contributed by atoms with van der Waals surface area (Å²) in [5.41, 5.74) is 6.34. The second-order valence-electron chi connectivity index (χ2n) is 8.41. The van der Waals surface area contributed by atoms with Crippen molar-refractivity contribution >= 4 is 10.8 Å². The van der Waals surface area contributed by atoms with Crippen LogP contribution in [0.1, 0.15) is 38.2 Å². The third-order valence-electron chi connectivity index (χ3n) is 6.00. The van der Waals surface area contributed by atoms with Crippen LogP contribution in [0.15, 0.2) is 97.6 Å². The zero-order chi connectivity index (χ0) is 22.2. The van der Waals surface area contributed by atoms with Crippen molar-refractivity contribution in [1.29, 1.82) is 0 Å². The lowest BCUT2D eigenvalue weighted by Gasteiger charge is -2.09. The highest BCUT2D eigenvalue weighted by molar-refractivity contribution is 5.88. The lowest BCUT2D eigenvalue weighted by Crippen LogP contribution is -1.92. The number of benzene rings is 4. The summed E-state index contributed by atoms with van der Waals surface area (Å²) in [6, 6.07) is 30.8. The van der Waals surface area contributed by atoms with E-state index < -0.39 is 0 Å². The van der Waals surface area contributed by atoms with Gasteiger partial charge in [0.15, 0.2) is 0 Å². The zero-order valence-electron chi connectivity index (χ0n) is 19.0. The minimum atomic E-state index is 0.528. The quantitative estimate of drug-likeness (QED) is 0.184. The van der Waals surface area contributed by atoms with Crippen LogP contribution in [0.25, 0.3) is 33.0 Å². The summed E-state index contributed by atoms with van der Waals surface area (Å²) in [6.45, 7) is 6.48. The molecule has 0 heterocycles. The van der Waals surface area contributed by atoms with Gasteiger partial charge in [0.25, 0.3) is 0 Å². The van der Waals surface area contributed by atoms with E-state index in [2.05, 4.69) is 86.3 Å². The summed E-state index contributed by atoms with van der Waals surface area (Å²) in [6.07, 6.45) is 8.18. The highest BCUT2D eigenvalue weighted by Gasteiger charge is 2.04. The average molecular weight is 421 g/mol. The Bertz CT molecular complexity index is 1150. The average Bonchev–Trinajstić information content (AvgIpc) is 2.85.